The molecule has 0 spiro atoms. The maximum atomic E-state index is 6.07. The molecular formula is C15H15BrClN. The summed E-state index contributed by atoms with van der Waals surface area (Å²) in [5.74, 6) is 0. The molecule has 0 bridgehead atoms. The molecule has 2 aromatic carbocycles. The van der Waals surface area contributed by atoms with E-state index in [-0.39, 0.29) is 0 Å². The number of hydrogen-bond acceptors (Lipinski definition) is 1. The minimum atomic E-state index is 0.723. The van der Waals surface area contributed by atoms with Crippen LogP contribution < -0.4 is 5.32 Å². The van der Waals surface area contributed by atoms with E-state index in [0.717, 1.165) is 21.7 Å². The number of hydrogen-bond donors (Lipinski definition) is 1. The van der Waals surface area contributed by atoms with Crippen LogP contribution in [-0.4, -0.2) is 0 Å². The minimum absolute atomic E-state index is 0.723. The highest BCUT2D eigenvalue weighted by atomic mass is 79.9. The summed E-state index contributed by atoms with van der Waals surface area (Å²) in [6.07, 6.45) is 0. The molecule has 0 atom stereocenters. The van der Waals surface area contributed by atoms with Crippen molar-refractivity contribution in [1.29, 1.82) is 0 Å². The van der Waals surface area contributed by atoms with E-state index in [4.69, 9.17) is 11.6 Å². The second kappa shape index (κ2) is 5.77. The Hall–Kier alpha value is -0.990. The second-order valence-electron chi connectivity index (χ2n) is 4.31. The quantitative estimate of drug-likeness (QED) is 0.804. The first kappa shape index (κ1) is 13.4. The second-order valence-corrected chi connectivity index (χ2v) is 5.51. The van der Waals surface area contributed by atoms with Crippen LogP contribution in [0.25, 0.3) is 0 Å². The van der Waals surface area contributed by atoms with Crippen molar-refractivity contribution in [2.24, 2.45) is 0 Å². The molecule has 0 unspecified atom stereocenters. The van der Waals surface area contributed by atoms with Gasteiger partial charge < -0.3 is 5.32 Å². The normalized spacial score (nSPS) is 10.4. The zero-order valence-corrected chi connectivity index (χ0v) is 12.8. The predicted octanol–water partition coefficient (Wildman–Crippen LogP) is 5.33. The van der Waals surface area contributed by atoms with Gasteiger partial charge in [0.1, 0.15) is 0 Å². The number of halogens is 2. The van der Waals surface area contributed by atoms with E-state index >= 15 is 0 Å². The van der Waals surface area contributed by atoms with E-state index < -0.39 is 0 Å². The average Bonchev–Trinajstić information content (AvgIpc) is 2.36. The molecule has 0 aromatic heterocycles. The van der Waals surface area contributed by atoms with Crippen molar-refractivity contribution in [1.82, 2.24) is 0 Å². The van der Waals surface area contributed by atoms with Gasteiger partial charge in [0.05, 0.1) is 15.2 Å². The van der Waals surface area contributed by atoms with Gasteiger partial charge in [0.2, 0.25) is 0 Å². The van der Waals surface area contributed by atoms with Gasteiger partial charge in [-0.25, -0.2) is 0 Å². The van der Waals surface area contributed by atoms with Crippen LogP contribution in [0.2, 0.25) is 5.02 Å². The summed E-state index contributed by atoms with van der Waals surface area (Å²) in [6.45, 7) is 5.08. The van der Waals surface area contributed by atoms with Gasteiger partial charge in [-0.3, -0.25) is 0 Å². The summed E-state index contributed by atoms with van der Waals surface area (Å²) in [4.78, 5) is 0. The van der Waals surface area contributed by atoms with Gasteiger partial charge in [-0.1, -0.05) is 35.9 Å². The number of aryl methyl sites for hydroxylation is 1. The maximum absolute atomic E-state index is 6.07. The third kappa shape index (κ3) is 2.88. The highest BCUT2D eigenvalue weighted by molar-refractivity contribution is 9.10. The molecule has 1 nitrogen and oxygen atoms in total. The summed E-state index contributed by atoms with van der Waals surface area (Å²) in [6, 6.07) is 12.2. The Bertz CT molecular complexity index is 515. The first-order valence-corrected chi connectivity index (χ1v) is 6.99. The number of anilines is 1. The Labute approximate surface area is 121 Å². The molecule has 0 radical (unpaired) electrons. The number of rotatable bonds is 3. The SMILES string of the molecule is Cc1cccc(CNc2cccc(Cl)c2Br)c1C. The van der Waals surface area contributed by atoms with E-state index in [1.165, 1.54) is 16.7 Å². The highest BCUT2D eigenvalue weighted by Crippen LogP contribution is 2.30. The Balaban J connectivity index is 2.17. The molecule has 0 amide bonds. The molecule has 0 saturated heterocycles. The van der Waals surface area contributed by atoms with E-state index in [1.807, 2.05) is 18.2 Å². The van der Waals surface area contributed by atoms with Gasteiger partial charge in [0.25, 0.3) is 0 Å². The van der Waals surface area contributed by atoms with Crippen molar-refractivity contribution in [2.45, 2.75) is 20.4 Å². The van der Waals surface area contributed by atoms with Gasteiger partial charge in [-0.15, -0.1) is 0 Å². The van der Waals surface area contributed by atoms with E-state index in [1.54, 1.807) is 0 Å². The Kier molecular flexibility index (Phi) is 4.31. The van der Waals surface area contributed by atoms with Crippen molar-refractivity contribution >= 4 is 33.2 Å². The molecule has 0 fully saturated rings. The fourth-order valence-corrected chi connectivity index (χ4v) is 2.41. The van der Waals surface area contributed by atoms with Crippen molar-refractivity contribution in [2.75, 3.05) is 5.32 Å². The van der Waals surface area contributed by atoms with Crippen molar-refractivity contribution in [3.05, 3.63) is 62.6 Å². The van der Waals surface area contributed by atoms with Crippen molar-refractivity contribution in [3.8, 4) is 0 Å². The minimum Gasteiger partial charge on any atom is -0.380 e. The van der Waals surface area contributed by atoms with Gasteiger partial charge in [0.15, 0.2) is 0 Å². The lowest BCUT2D eigenvalue weighted by Gasteiger charge is -2.12. The summed E-state index contributed by atoms with van der Waals surface area (Å²) in [5, 5.41) is 4.13. The lowest BCUT2D eigenvalue weighted by atomic mass is 10.0. The summed E-state index contributed by atoms with van der Waals surface area (Å²) in [7, 11) is 0. The van der Waals surface area contributed by atoms with Gasteiger partial charge in [0, 0.05) is 6.54 Å². The average molecular weight is 325 g/mol. The predicted molar refractivity (Wildman–Crippen MR) is 82.4 cm³/mol. The molecule has 0 aliphatic carbocycles. The fraction of sp³-hybridized carbons (Fsp3) is 0.200. The topological polar surface area (TPSA) is 12.0 Å². The van der Waals surface area contributed by atoms with Crippen LogP contribution >= 0.6 is 27.5 Å². The highest BCUT2D eigenvalue weighted by Gasteiger charge is 2.05. The molecule has 0 aliphatic rings. The van der Waals surface area contributed by atoms with E-state index in [0.29, 0.717) is 0 Å². The summed E-state index contributed by atoms with van der Waals surface area (Å²) in [5.41, 5.74) is 4.98. The fourth-order valence-electron chi connectivity index (χ4n) is 1.83. The van der Waals surface area contributed by atoms with Gasteiger partial charge in [-0.05, 0) is 58.6 Å². The zero-order chi connectivity index (χ0) is 13.1. The van der Waals surface area contributed by atoms with Crippen LogP contribution in [0.3, 0.4) is 0 Å². The lowest BCUT2D eigenvalue weighted by molar-refractivity contribution is 1.10. The lowest BCUT2D eigenvalue weighted by Crippen LogP contribution is -2.02. The summed E-state index contributed by atoms with van der Waals surface area (Å²) < 4.78 is 0.914. The van der Waals surface area contributed by atoms with Crippen LogP contribution in [0.5, 0.6) is 0 Å². The summed E-state index contributed by atoms with van der Waals surface area (Å²) >= 11 is 9.56. The first-order chi connectivity index (χ1) is 8.59. The van der Waals surface area contributed by atoms with Crippen molar-refractivity contribution < 1.29 is 0 Å². The molecule has 0 aliphatic heterocycles. The first-order valence-electron chi connectivity index (χ1n) is 5.82. The Morgan fingerprint density at radius 2 is 1.83 bits per heavy atom. The molecule has 2 aromatic rings. The molecule has 3 heteroatoms. The molecule has 18 heavy (non-hydrogen) atoms. The monoisotopic (exact) mass is 323 g/mol. The third-order valence-corrected chi connectivity index (χ3v) is 4.54. The van der Waals surface area contributed by atoms with Crippen LogP contribution in [0.4, 0.5) is 5.69 Å². The number of nitrogens with one attached hydrogen (secondary N) is 1. The Morgan fingerprint density at radius 3 is 2.61 bits per heavy atom. The Morgan fingerprint density at radius 1 is 1.11 bits per heavy atom. The van der Waals surface area contributed by atoms with Crippen LogP contribution in [0.15, 0.2) is 40.9 Å². The van der Waals surface area contributed by atoms with Crippen molar-refractivity contribution in [3.63, 3.8) is 0 Å². The smallest absolute Gasteiger partial charge is 0.0593 e. The molecule has 1 N–H and O–H groups in total. The molecule has 94 valence electrons. The van der Waals surface area contributed by atoms with E-state index in [9.17, 15) is 0 Å². The van der Waals surface area contributed by atoms with Crippen LogP contribution in [0.1, 0.15) is 16.7 Å². The van der Waals surface area contributed by atoms with Crippen LogP contribution in [0, 0.1) is 13.8 Å². The third-order valence-electron chi connectivity index (χ3n) is 3.14. The molecular weight excluding hydrogens is 310 g/mol. The molecule has 0 heterocycles. The molecule has 0 saturated carbocycles. The zero-order valence-electron chi connectivity index (χ0n) is 10.4. The standard InChI is InChI=1S/C15H15BrClN/c1-10-5-3-6-12(11(10)2)9-18-14-8-4-7-13(17)15(14)16/h3-8,18H,9H2,1-2H3. The largest absolute Gasteiger partial charge is 0.380 e. The van der Waals surface area contributed by atoms with E-state index in [2.05, 4.69) is 53.3 Å². The maximum Gasteiger partial charge on any atom is 0.0593 e. The van der Waals surface area contributed by atoms with Crippen LogP contribution in [-0.2, 0) is 6.54 Å². The molecule has 2 rings (SSSR count). The van der Waals surface area contributed by atoms with Gasteiger partial charge >= 0.3 is 0 Å². The number of benzene rings is 2. The van der Waals surface area contributed by atoms with Gasteiger partial charge in [-0.2, -0.15) is 0 Å².